The maximum atomic E-state index is 12.5. The van der Waals surface area contributed by atoms with Gasteiger partial charge in [0, 0.05) is 13.1 Å². The van der Waals surface area contributed by atoms with Gasteiger partial charge in [0.2, 0.25) is 5.82 Å². The fraction of sp³-hybridized carbons (Fsp3) is 0.474. The number of hydrogen-bond acceptors (Lipinski definition) is 5. The van der Waals surface area contributed by atoms with Gasteiger partial charge in [0.05, 0.1) is 11.3 Å². The second kappa shape index (κ2) is 7.77. The lowest BCUT2D eigenvalue weighted by atomic mass is 9.96. The Labute approximate surface area is 157 Å². The molecule has 27 heavy (non-hydrogen) atoms. The Kier molecular flexibility index (Phi) is 5.88. The molecule has 0 saturated carbocycles. The number of aromatic amines is 1. The first kappa shape index (κ1) is 20.4. The third kappa shape index (κ3) is 4.84. The Bertz CT molecular complexity index is 861. The highest BCUT2D eigenvalue weighted by Crippen LogP contribution is 2.28. The molecule has 1 aromatic rings. The highest BCUT2D eigenvalue weighted by Gasteiger charge is 2.26. The van der Waals surface area contributed by atoms with Crippen LogP contribution in [0.25, 0.3) is 11.6 Å². The molecule has 0 bridgehead atoms. The van der Waals surface area contributed by atoms with E-state index in [1.165, 1.54) is 6.08 Å². The molecule has 1 amide bonds. The highest BCUT2D eigenvalue weighted by atomic mass is 16.6. The van der Waals surface area contributed by atoms with Crippen molar-refractivity contribution >= 4 is 23.7 Å². The quantitative estimate of drug-likeness (QED) is 0.840. The molecular weight excluding hydrogens is 350 g/mol. The van der Waals surface area contributed by atoms with Crippen molar-refractivity contribution in [1.29, 1.82) is 0 Å². The van der Waals surface area contributed by atoms with Crippen molar-refractivity contribution in [1.82, 2.24) is 14.9 Å². The summed E-state index contributed by atoms with van der Waals surface area (Å²) in [5.41, 5.74) is 1.10. The molecule has 2 heterocycles. The molecule has 0 unspecified atom stereocenters. The Morgan fingerprint density at radius 1 is 1.30 bits per heavy atom. The van der Waals surface area contributed by atoms with Gasteiger partial charge in [-0.3, -0.25) is 4.79 Å². The Morgan fingerprint density at radius 2 is 1.93 bits per heavy atom. The van der Waals surface area contributed by atoms with Crippen molar-refractivity contribution in [3.05, 3.63) is 39.6 Å². The van der Waals surface area contributed by atoms with Gasteiger partial charge >= 0.3 is 12.1 Å². The minimum atomic E-state index is -1.32. The fourth-order valence-corrected chi connectivity index (χ4v) is 2.90. The molecule has 0 aromatic carbocycles. The van der Waals surface area contributed by atoms with Crippen molar-refractivity contribution in [2.75, 3.05) is 13.1 Å². The number of H-pyrrole nitrogens is 1. The first-order valence-corrected chi connectivity index (χ1v) is 8.70. The minimum Gasteiger partial charge on any atom is -0.475 e. The first-order chi connectivity index (χ1) is 12.5. The lowest BCUT2D eigenvalue weighted by Crippen LogP contribution is -2.37. The largest absolute Gasteiger partial charge is 0.475 e. The van der Waals surface area contributed by atoms with Crippen molar-refractivity contribution in [2.45, 2.75) is 46.1 Å². The number of hydrogen-bond donors (Lipinski definition) is 2. The number of carbonyl (C=O) groups excluding carboxylic acids is 1. The van der Waals surface area contributed by atoms with Gasteiger partial charge in [0.15, 0.2) is 0 Å². The zero-order valence-corrected chi connectivity index (χ0v) is 16.1. The maximum Gasteiger partial charge on any atom is 0.410 e. The van der Waals surface area contributed by atoms with Crippen molar-refractivity contribution in [3.8, 4) is 0 Å². The number of carboxylic acid groups (broad SMARTS) is 1. The molecule has 0 atom stereocenters. The number of nitrogens with one attached hydrogen (secondary N) is 1. The van der Waals surface area contributed by atoms with Crippen LogP contribution in [0.4, 0.5) is 4.79 Å². The van der Waals surface area contributed by atoms with E-state index >= 15 is 0 Å². The van der Waals surface area contributed by atoms with Gasteiger partial charge in [0.1, 0.15) is 5.60 Å². The molecule has 0 aliphatic carbocycles. The third-order valence-electron chi connectivity index (χ3n) is 4.20. The summed E-state index contributed by atoms with van der Waals surface area (Å²) in [6.45, 7) is 11.8. The van der Waals surface area contributed by atoms with Crippen LogP contribution in [-0.2, 0) is 4.74 Å². The smallest absolute Gasteiger partial charge is 0.410 e. The predicted octanol–water partition coefficient (Wildman–Crippen LogP) is 2.92. The van der Waals surface area contributed by atoms with Gasteiger partial charge < -0.3 is 19.7 Å². The second-order valence-corrected chi connectivity index (χ2v) is 7.41. The molecule has 1 aliphatic heterocycles. The summed E-state index contributed by atoms with van der Waals surface area (Å²) in [5.74, 6) is -1.75. The van der Waals surface area contributed by atoms with Gasteiger partial charge in [-0.25, -0.2) is 14.6 Å². The number of carboxylic acids is 1. The van der Waals surface area contributed by atoms with Crippen LogP contribution in [0.2, 0.25) is 0 Å². The standard InChI is InChI=1S/C19H25N3O5/c1-6-13-14(16(23)21-15(20-13)17(24)25)12-8-10-22(9-7-11(12)2)18(26)27-19(3,4)5/h6H,1,7-10H2,2-5H3,(H,24,25)(H,20,21,23). The molecule has 1 aliphatic rings. The van der Waals surface area contributed by atoms with Crippen molar-refractivity contribution in [2.24, 2.45) is 0 Å². The van der Waals surface area contributed by atoms with E-state index in [9.17, 15) is 14.4 Å². The number of aromatic carboxylic acids is 1. The highest BCUT2D eigenvalue weighted by molar-refractivity contribution is 5.84. The number of ether oxygens (including phenoxy) is 1. The topological polar surface area (TPSA) is 113 Å². The monoisotopic (exact) mass is 375 g/mol. The van der Waals surface area contributed by atoms with E-state index in [2.05, 4.69) is 16.5 Å². The molecule has 146 valence electrons. The number of carbonyl (C=O) groups is 2. The van der Waals surface area contributed by atoms with Crippen LogP contribution in [0.5, 0.6) is 0 Å². The number of rotatable bonds is 3. The van der Waals surface area contributed by atoms with E-state index in [4.69, 9.17) is 9.84 Å². The van der Waals surface area contributed by atoms with Crippen LogP contribution >= 0.6 is 0 Å². The second-order valence-electron chi connectivity index (χ2n) is 7.41. The van der Waals surface area contributed by atoms with Crippen molar-refractivity contribution in [3.63, 3.8) is 0 Å². The SMILES string of the molecule is C=Cc1nc(C(=O)O)[nH]c(=O)c1C1=C(C)CCN(C(=O)OC(C)(C)C)CC1. The number of nitrogens with zero attached hydrogens (tertiary/aromatic N) is 2. The maximum absolute atomic E-state index is 12.5. The molecular formula is C19H25N3O5. The zero-order chi connectivity index (χ0) is 20.4. The molecule has 8 nitrogen and oxygen atoms in total. The van der Waals surface area contributed by atoms with Crippen LogP contribution in [0.1, 0.15) is 62.4 Å². The molecule has 0 saturated heterocycles. The summed E-state index contributed by atoms with van der Waals surface area (Å²) in [7, 11) is 0. The van der Waals surface area contributed by atoms with Crippen LogP contribution in [0.15, 0.2) is 16.9 Å². The van der Waals surface area contributed by atoms with Gasteiger partial charge in [-0.2, -0.15) is 0 Å². The van der Waals surface area contributed by atoms with Crippen LogP contribution in [-0.4, -0.2) is 50.7 Å². The average molecular weight is 375 g/mol. The normalized spacial score (nSPS) is 15.3. The lowest BCUT2D eigenvalue weighted by Gasteiger charge is -2.26. The Balaban J connectivity index is 2.35. The summed E-state index contributed by atoms with van der Waals surface area (Å²) in [5, 5.41) is 9.08. The molecule has 2 N–H and O–H groups in total. The molecule has 0 fully saturated rings. The summed E-state index contributed by atoms with van der Waals surface area (Å²) < 4.78 is 5.43. The molecule has 2 rings (SSSR count). The number of amides is 1. The van der Waals surface area contributed by atoms with E-state index in [-0.39, 0.29) is 5.69 Å². The molecule has 1 aromatic heterocycles. The van der Waals surface area contributed by atoms with Crippen LogP contribution in [0, 0.1) is 0 Å². The Morgan fingerprint density at radius 3 is 2.48 bits per heavy atom. The Hall–Kier alpha value is -2.90. The van der Waals surface area contributed by atoms with Gasteiger partial charge in [-0.15, -0.1) is 0 Å². The summed E-state index contributed by atoms with van der Waals surface area (Å²) in [6, 6.07) is 0. The minimum absolute atomic E-state index is 0.219. The van der Waals surface area contributed by atoms with E-state index in [1.807, 2.05) is 27.7 Å². The first-order valence-electron chi connectivity index (χ1n) is 8.70. The van der Waals surface area contributed by atoms with E-state index in [0.717, 1.165) is 11.1 Å². The molecule has 0 spiro atoms. The fourth-order valence-electron chi connectivity index (χ4n) is 2.90. The van der Waals surface area contributed by atoms with Gasteiger partial charge in [-0.05, 0) is 52.2 Å². The summed E-state index contributed by atoms with van der Waals surface area (Å²) >= 11 is 0. The van der Waals surface area contributed by atoms with Crippen LogP contribution < -0.4 is 5.56 Å². The molecule has 8 heteroatoms. The lowest BCUT2D eigenvalue weighted by molar-refractivity contribution is 0.0259. The van der Waals surface area contributed by atoms with E-state index in [0.29, 0.717) is 31.5 Å². The number of aromatic nitrogens is 2. The van der Waals surface area contributed by atoms with E-state index in [1.54, 1.807) is 4.90 Å². The van der Waals surface area contributed by atoms with Crippen LogP contribution in [0.3, 0.4) is 0 Å². The third-order valence-corrected chi connectivity index (χ3v) is 4.20. The predicted molar refractivity (Wildman–Crippen MR) is 102 cm³/mol. The summed E-state index contributed by atoms with van der Waals surface area (Å²) in [6.07, 6.45) is 1.98. The van der Waals surface area contributed by atoms with Gasteiger partial charge in [0.25, 0.3) is 5.56 Å². The van der Waals surface area contributed by atoms with E-state index < -0.39 is 29.0 Å². The average Bonchev–Trinajstić information content (AvgIpc) is 2.74. The molecule has 0 radical (unpaired) electrons. The van der Waals surface area contributed by atoms with Crippen molar-refractivity contribution < 1.29 is 19.4 Å². The zero-order valence-electron chi connectivity index (χ0n) is 16.1. The van der Waals surface area contributed by atoms with Gasteiger partial charge in [-0.1, -0.05) is 12.2 Å². The summed E-state index contributed by atoms with van der Waals surface area (Å²) in [4.78, 5) is 43.9.